The van der Waals surface area contributed by atoms with Crippen LogP contribution in [0.15, 0.2) is 18.2 Å². The lowest BCUT2D eigenvalue weighted by Crippen LogP contribution is -2.04. The van der Waals surface area contributed by atoms with Crippen LogP contribution in [0.3, 0.4) is 0 Å². The van der Waals surface area contributed by atoms with Gasteiger partial charge in [-0.2, -0.15) is 0 Å². The second kappa shape index (κ2) is 4.92. The summed E-state index contributed by atoms with van der Waals surface area (Å²) in [4.78, 5) is 4.63. The van der Waals surface area contributed by atoms with Gasteiger partial charge in [0.05, 0.1) is 10.5 Å². The van der Waals surface area contributed by atoms with Gasteiger partial charge in [0.25, 0.3) is 0 Å². The number of aryl methyl sites for hydroxylation is 2. The molecule has 0 saturated carbocycles. The molecule has 2 aromatic rings. The maximum atomic E-state index is 6.20. The molecule has 0 aliphatic carbocycles. The third-order valence-electron chi connectivity index (χ3n) is 2.89. The van der Waals surface area contributed by atoms with Crippen molar-refractivity contribution in [2.75, 3.05) is 11.9 Å². The minimum Gasteiger partial charge on any atom is -0.370 e. The van der Waals surface area contributed by atoms with Gasteiger partial charge in [0.2, 0.25) is 0 Å². The second-order valence-corrected chi connectivity index (χ2v) is 4.75. The highest BCUT2D eigenvalue weighted by molar-refractivity contribution is 6.35. The van der Waals surface area contributed by atoms with Crippen LogP contribution in [0.25, 0.3) is 10.9 Å². The van der Waals surface area contributed by atoms with Crippen molar-refractivity contribution in [3.63, 3.8) is 0 Å². The van der Waals surface area contributed by atoms with Crippen molar-refractivity contribution in [2.45, 2.75) is 27.2 Å². The van der Waals surface area contributed by atoms with E-state index in [1.165, 1.54) is 5.56 Å². The summed E-state index contributed by atoms with van der Waals surface area (Å²) in [7, 11) is 0. The Labute approximate surface area is 107 Å². The molecule has 3 heteroatoms. The molecule has 1 aromatic heterocycles. The first kappa shape index (κ1) is 12.2. The number of anilines is 1. The molecule has 2 rings (SSSR count). The van der Waals surface area contributed by atoms with E-state index in [2.05, 4.69) is 37.1 Å². The van der Waals surface area contributed by atoms with Crippen molar-refractivity contribution in [1.29, 1.82) is 0 Å². The standard InChI is InChI=1S/C14H17ClN2/c1-4-7-16-14-10(3)8-11-9(2)5-6-12(15)13(11)17-14/h5-6,8H,4,7H2,1-3H3,(H,16,17). The van der Waals surface area contributed by atoms with E-state index in [0.717, 1.165) is 35.2 Å². The summed E-state index contributed by atoms with van der Waals surface area (Å²) in [6.07, 6.45) is 1.08. The van der Waals surface area contributed by atoms with Gasteiger partial charge in [0.1, 0.15) is 5.82 Å². The topological polar surface area (TPSA) is 24.9 Å². The smallest absolute Gasteiger partial charge is 0.129 e. The van der Waals surface area contributed by atoms with Crippen LogP contribution in [-0.2, 0) is 0 Å². The van der Waals surface area contributed by atoms with Crippen molar-refractivity contribution in [3.05, 3.63) is 34.3 Å². The van der Waals surface area contributed by atoms with Crippen molar-refractivity contribution >= 4 is 28.3 Å². The first-order valence-corrected chi connectivity index (χ1v) is 6.31. The minimum absolute atomic E-state index is 0.713. The summed E-state index contributed by atoms with van der Waals surface area (Å²) >= 11 is 6.20. The SMILES string of the molecule is CCCNc1nc2c(Cl)ccc(C)c2cc1C. The average molecular weight is 249 g/mol. The number of halogens is 1. The molecule has 2 nitrogen and oxygen atoms in total. The molecule has 1 N–H and O–H groups in total. The van der Waals surface area contributed by atoms with Crippen molar-refractivity contribution in [3.8, 4) is 0 Å². The highest BCUT2D eigenvalue weighted by Gasteiger charge is 2.07. The van der Waals surface area contributed by atoms with Gasteiger partial charge in [-0.1, -0.05) is 24.6 Å². The van der Waals surface area contributed by atoms with Crippen molar-refractivity contribution < 1.29 is 0 Å². The number of hydrogen-bond acceptors (Lipinski definition) is 2. The maximum absolute atomic E-state index is 6.20. The Balaban J connectivity index is 2.59. The van der Waals surface area contributed by atoms with E-state index in [1.54, 1.807) is 0 Å². The molecule has 0 saturated heterocycles. The second-order valence-electron chi connectivity index (χ2n) is 4.34. The van der Waals surface area contributed by atoms with E-state index in [0.29, 0.717) is 5.02 Å². The number of hydrogen-bond donors (Lipinski definition) is 1. The fourth-order valence-corrected chi connectivity index (χ4v) is 2.09. The monoisotopic (exact) mass is 248 g/mol. The molecule has 0 aliphatic rings. The molecular weight excluding hydrogens is 232 g/mol. The molecule has 0 bridgehead atoms. The Morgan fingerprint density at radius 2 is 2.00 bits per heavy atom. The Bertz CT molecular complexity index is 549. The van der Waals surface area contributed by atoms with Crippen LogP contribution in [-0.4, -0.2) is 11.5 Å². The lowest BCUT2D eigenvalue weighted by atomic mass is 10.1. The third kappa shape index (κ3) is 2.37. The first-order chi connectivity index (χ1) is 8.13. The molecule has 0 atom stereocenters. The normalized spacial score (nSPS) is 10.8. The van der Waals surface area contributed by atoms with Crippen LogP contribution >= 0.6 is 11.6 Å². The zero-order valence-corrected chi connectivity index (χ0v) is 11.2. The zero-order chi connectivity index (χ0) is 12.4. The summed E-state index contributed by atoms with van der Waals surface area (Å²) in [5.41, 5.74) is 3.26. The zero-order valence-electron chi connectivity index (χ0n) is 10.5. The number of rotatable bonds is 3. The van der Waals surface area contributed by atoms with E-state index >= 15 is 0 Å². The Morgan fingerprint density at radius 3 is 2.71 bits per heavy atom. The molecule has 0 unspecified atom stereocenters. The van der Waals surface area contributed by atoms with Crippen LogP contribution in [0.1, 0.15) is 24.5 Å². The molecule has 0 spiro atoms. The minimum atomic E-state index is 0.713. The van der Waals surface area contributed by atoms with Crippen LogP contribution < -0.4 is 5.32 Å². The maximum Gasteiger partial charge on any atom is 0.129 e. The van der Waals surface area contributed by atoms with Gasteiger partial charge < -0.3 is 5.32 Å². The number of benzene rings is 1. The Hall–Kier alpha value is -1.28. The summed E-state index contributed by atoms with van der Waals surface area (Å²) in [6, 6.07) is 6.09. The van der Waals surface area contributed by atoms with Gasteiger partial charge in [0.15, 0.2) is 0 Å². The summed E-state index contributed by atoms with van der Waals surface area (Å²) in [5, 5.41) is 5.18. The molecule has 0 radical (unpaired) electrons. The largest absolute Gasteiger partial charge is 0.370 e. The molecule has 1 aromatic carbocycles. The van der Waals surface area contributed by atoms with E-state index < -0.39 is 0 Å². The number of nitrogens with one attached hydrogen (secondary N) is 1. The number of aromatic nitrogens is 1. The van der Waals surface area contributed by atoms with E-state index in [9.17, 15) is 0 Å². The highest BCUT2D eigenvalue weighted by Crippen LogP contribution is 2.28. The van der Waals surface area contributed by atoms with Crippen LogP contribution in [0.4, 0.5) is 5.82 Å². The molecule has 0 amide bonds. The fraction of sp³-hybridized carbons (Fsp3) is 0.357. The molecule has 90 valence electrons. The predicted molar refractivity (Wildman–Crippen MR) is 75.0 cm³/mol. The third-order valence-corrected chi connectivity index (χ3v) is 3.19. The summed E-state index contributed by atoms with van der Waals surface area (Å²) in [6.45, 7) is 7.23. The Morgan fingerprint density at radius 1 is 1.24 bits per heavy atom. The van der Waals surface area contributed by atoms with Gasteiger partial charge in [-0.15, -0.1) is 0 Å². The molecular formula is C14H17ClN2. The predicted octanol–water partition coefficient (Wildman–Crippen LogP) is 4.33. The quantitative estimate of drug-likeness (QED) is 0.875. The van der Waals surface area contributed by atoms with E-state index in [1.807, 2.05) is 12.1 Å². The van der Waals surface area contributed by atoms with Crippen LogP contribution in [0.2, 0.25) is 5.02 Å². The molecule has 0 aliphatic heterocycles. The lowest BCUT2D eigenvalue weighted by molar-refractivity contribution is 0.968. The molecule has 17 heavy (non-hydrogen) atoms. The summed E-state index contributed by atoms with van der Waals surface area (Å²) in [5.74, 6) is 0.937. The summed E-state index contributed by atoms with van der Waals surface area (Å²) < 4.78 is 0. The van der Waals surface area contributed by atoms with Crippen molar-refractivity contribution in [2.24, 2.45) is 0 Å². The first-order valence-electron chi connectivity index (χ1n) is 5.93. The average Bonchev–Trinajstić information content (AvgIpc) is 2.32. The van der Waals surface area contributed by atoms with Crippen LogP contribution in [0, 0.1) is 13.8 Å². The Kier molecular flexibility index (Phi) is 3.53. The van der Waals surface area contributed by atoms with Crippen LogP contribution in [0.5, 0.6) is 0 Å². The molecule has 0 fully saturated rings. The molecule has 1 heterocycles. The van der Waals surface area contributed by atoms with Gasteiger partial charge in [-0.3, -0.25) is 0 Å². The van der Waals surface area contributed by atoms with Gasteiger partial charge in [-0.05, 0) is 43.5 Å². The van der Waals surface area contributed by atoms with Gasteiger partial charge in [-0.25, -0.2) is 4.98 Å². The van der Waals surface area contributed by atoms with E-state index in [4.69, 9.17) is 11.6 Å². The lowest BCUT2D eigenvalue weighted by Gasteiger charge is -2.11. The number of pyridine rings is 1. The number of fused-ring (bicyclic) bond motifs is 1. The fourth-order valence-electron chi connectivity index (χ4n) is 1.89. The van der Waals surface area contributed by atoms with Gasteiger partial charge in [0, 0.05) is 11.9 Å². The van der Waals surface area contributed by atoms with Crippen molar-refractivity contribution in [1.82, 2.24) is 4.98 Å². The van der Waals surface area contributed by atoms with E-state index in [-0.39, 0.29) is 0 Å². The number of nitrogens with zero attached hydrogens (tertiary/aromatic N) is 1. The van der Waals surface area contributed by atoms with Gasteiger partial charge >= 0.3 is 0 Å². The highest BCUT2D eigenvalue weighted by atomic mass is 35.5.